The van der Waals surface area contributed by atoms with Crippen molar-refractivity contribution >= 4 is 5.91 Å². The van der Waals surface area contributed by atoms with E-state index < -0.39 is 0 Å². The molecule has 1 amide bonds. The molecule has 0 aromatic carbocycles. The normalized spacial score (nSPS) is 11.3. The van der Waals surface area contributed by atoms with E-state index in [1.807, 2.05) is 0 Å². The maximum Gasteiger partial charge on any atom is 0.233 e. The van der Waals surface area contributed by atoms with Gasteiger partial charge in [-0.05, 0) is 27.1 Å². The van der Waals surface area contributed by atoms with Crippen molar-refractivity contribution in [2.45, 2.75) is 26.7 Å². The van der Waals surface area contributed by atoms with Crippen LogP contribution in [0.4, 0.5) is 0 Å². The first-order valence-corrected chi connectivity index (χ1v) is 7.44. The lowest BCUT2D eigenvalue weighted by atomic mass is 10.3. The van der Waals surface area contributed by atoms with Gasteiger partial charge in [0.1, 0.15) is 0 Å². The summed E-state index contributed by atoms with van der Waals surface area (Å²) in [6.45, 7) is 10.6. The first kappa shape index (κ1) is 18.4. The Hall–Kier alpha value is -0.650. The lowest BCUT2D eigenvalue weighted by molar-refractivity contribution is -0.120. The third kappa shape index (κ3) is 12.1. The van der Waals surface area contributed by atoms with Crippen molar-refractivity contribution in [3.05, 3.63) is 0 Å². The number of unbranched alkanes of at least 4 members (excludes halogenated alkanes) is 1. The summed E-state index contributed by atoms with van der Waals surface area (Å²) in [6.07, 6.45) is 2.17. The van der Waals surface area contributed by atoms with E-state index in [4.69, 9.17) is 0 Å². The van der Waals surface area contributed by atoms with Gasteiger partial charge in [-0.25, -0.2) is 0 Å². The maximum atomic E-state index is 11.4. The number of likely N-dealkylation sites (N-methyl/N-ethyl adjacent to an activating group) is 2. The largest absolute Gasteiger partial charge is 0.355 e. The molecule has 0 spiro atoms. The Labute approximate surface area is 118 Å². The monoisotopic (exact) mass is 272 g/mol. The zero-order valence-electron chi connectivity index (χ0n) is 13.2. The number of carbonyl (C=O) groups is 1. The summed E-state index contributed by atoms with van der Waals surface area (Å²) in [5, 5.41) is 6.07. The van der Waals surface area contributed by atoms with E-state index >= 15 is 0 Å². The van der Waals surface area contributed by atoms with Gasteiger partial charge in [0.25, 0.3) is 0 Å². The Morgan fingerprint density at radius 3 is 2.32 bits per heavy atom. The lowest BCUT2D eigenvalue weighted by Crippen LogP contribution is -2.39. The number of amides is 1. The van der Waals surface area contributed by atoms with Crippen LogP contribution < -0.4 is 10.6 Å². The van der Waals surface area contributed by atoms with Crippen LogP contribution in [-0.2, 0) is 4.79 Å². The van der Waals surface area contributed by atoms with E-state index in [-0.39, 0.29) is 5.91 Å². The van der Waals surface area contributed by atoms with Gasteiger partial charge in [0.05, 0.1) is 6.54 Å². The molecule has 19 heavy (non-hydrogen) atoms. The molecule has 0 aliphatic carbocycles. The molecular formula is C14H32N4O. The van der Waals surface area contributed by atoms with Crippen LogP contribution in [0.2, 0.25) is 0 Å². The Morgan fingerprint density at radius 1 is 1.00 bits per heavy atom. The third-order valence-corrected chi connectivity index (χ3v) is 3.21. The van der Waals surface area contributed by atoms with Gasteiger partial charge < -0.3 is 20.4 Å². The molecule has 5 heteroatoms. The standard InChI is InChI=1S/C14H32N4O/c1-5-7-8-16-14(19)13-15-9-10-18(4)12-11-17(3)6-2/h15H,5-13H2,1-4H3,(H,16,19). The number of nitrogens with zero attached hydrogens (tertiary/aromatic N) is 2. The Balaban J connectivity index is 3.39. The lowest BCUT2D eigenvalue weighted by Gasteiger charge is -2.20. The SMILES string of the molecule is CCCCNC(=O)CNCCN(C)CCN(C)CC. The smallest absolute Gasteiger partial charge is 0.233 e. The van der Waals surface area contributed by atoms with Crippen LogP contribution in [0.1, 0.15) is 26.7 Å². The topological polar surface area (TPSA) is 47.6 Å². The van der Waals surface area contributed by atoms with Gasteiger partial charge in [0.15, 0.2) is 0 Å². The number of hydrogen-bond acceptors (Lipinski definition) is 4. The molecule has 0 aliphatic heterocycles. The fourth-order valence-corrected chi connectivity index (χ4v) is 1.55. The Bertz CT molecular complexity index is 223. The molecule has 0 rings (SSSR count). The zero-order valence-corrected chi connectivity index (χ0v) is 13.2. The van der Waals surface area contributed by atoms with Crippen LogP contribution in [0.3, 0.4) is 0 Å². The zero-order chi connectivity index (χ0) is 14.5. The van der Waals surface area contributed by atoms with Crippen molar-refractivity contribution in [3.63, 3.8) is 0 Å². The molecule has 114 valence electrons. The molecule has 0 aliphatic rings. The second kappa shape index (κ2) is 12.4. The van der Waals surface area contributed by atoms with Gasteiger partial charge in [0, 0.05) is 32.7 Å². The van der Waals surface area contributed by atoms with Crippen molar-refractivity contribution in [1.82, 2.24) is 20.4 Å². The van der Waals surface area contributed by atoms with Crippen LogP contribution in [0, 0.1) is 0 Å². The van der Waals surface area contributed by atoms with Crippen LogP contribution in [0.25, 0.3) is 0 Å². The van der Waals surface area contributed by atoms with E-state index in [0.29, 0.717) is 6.54 Å². The van der Waals surface area contributed by atoms with Crippen LogP contribution >= 0.6 is 0 Å². The quantitative estimate of drug-likeness (QED) is 0.504. The summed E-state index contributed by atoms with van der Waals surface area (Å²) < 4.78 is 0. The van der Waals surface area contributed by atoms with Crippen molar-refractivity contribution < 1.29 is 4.79 Å². The fourth-order valence-electron chi connectivity index (χ4n) is 1.55. The van der Waals surface area contributed by atoms with E-state index in [9.17, 15) is 4.79 Å². The molecule has 0 heterocycles. The highest BCUT2D eigenvalue weighted by atomic mass is 16.1. The Kier molecular flexibility index (Phi) is 12.0. The number of rotatable bonds is 12. The predicted molar refractivity (Wildman–Crippen MR) is 81.5 cm³/mol. The number of hydrogen-bond donors (Lipinski definition) is 2. The van der Waals surface area contributed by atoms with Gasteiger partial charge in [0.2, 0.25) is 5.91 Å². The Morgan fingerprint density at radius 2 is 1.68 bits per heavy atom. The molecular weight excluding hydrogens is 240 g/mol. The highest BCUT2D eigenvalue weighted by Crippen LogP contribution is 1.85. The number of carbonyl (C=O) groups excluding carboxylic acids is 1. The van der Waals surface area contributed by atoms with E-state index in [0.717, 1.165) is 52.1 Å². The molecule has 5 nitrogen and oxygen atoms in total. The molecule has 0 saturated heterocycles. The molecule has 0 aromatic heterocycles. The molecule has 0 atom stereocenters. The van der Waals surface area contributed by atoms with E-state index in [2.05, 4.69) is 48.4 Å². The van der Waals surface area contributed by atoms with Gasteiger partial charge in [-0.1, -0.05) is 20.3 Å². The third-order valence-electron chi connectivity index (χ3n) is 3.21. The summed E-state index contributed by atoms with van der Waals surface area (Å²) in [5.74, 6) is 0.0989. The molecule has 0 fully saturated rings. The predicted octanol–water partition coefficient (Wildman–Crippen LogP) is 0.376. The first-order valence-electron chi connectivity index (χ1n) is 7.44. The molecule has 2 N–H and O–H groups in total. The molecule has 0 aromatic rings. The maximum absolute atomic E-state index is 11.4. The van der Waals surface area contributed by atoms with Crippen molar-refractivity contribution in [2.75, 3.05) is 59.9 Å². The van der Waals surface area contributed by atoms with Gasteiger partial charge in [-0.15, -0.1) is 0 Å². The molecule has 0 saturated carbocycles. The van der Waals surface area contributed by atoms with Crippen molar-refractivity contribution in [1.29, 1.82) is 0 Å². The number of nitrogens with one attached hydrogen (secondary N) is 2. The average molecular weight is 272 g/mol. The summed E-state index contributed by atoms with van der Waals surface area (Å²) in [4.78, 5) is 16.0. The second-order valence-electron chi connectivity index (χ2n) is 5.08. The minimum Gasteiger partial charge on any atom is -0.355 e. The first-order chi connectivity index (χ1) is 9.10. The van der Waals surface area contributed by atoms with Gasteiger partial charge in [-0.3, -0.25) is 4.79 Å². The van der Waals surface area contributed by atoms with Crippen LogP contribution in [0.5, 0.6) is 0 Å². The summed E-state index contributed by atoms with van der Waals surface area (Å²) >= 11 is 0. The summed E-state index contributed by atoms with van der Waals surface area (Å²) in [7, 11) is 4.25. The average Bonchev–Trinajstić information content (AvgIpc) is 2.41. The highest BCUT2D eigenvalue weighted by Gasteiger charge is 2.02. The minimum atomic E-state index is 0.0989. The van der Waals surface area contributed by atoms with Gasteiger partial charge in [-0.2, -0.15) is 0 Å². The molecule has 0 unspecified atom stereocenters. The van der Waals surface area contributed by atoms with Crippen LogP contribution in [0.15, 0.2) is 0 Å². The molecule has 0 bridgehead atoms. The summed E-state index contributed by atoms with van der Waals surface area (Å²) in [6, 6.07) is 0. The minimum absolute atomic E-state index is 0.0989. The summed E-state index contributed by atoms with van der Waals surface area (Å²) in [5.41, 5.74) is 0. The van der Waals surface area contributed by atoms with Crippen molar-refractivity contribution in [2.24, 2.45) is 0 Å². The van der Waals surface area contributed by atoms with Crippen molar-refractivity contribution in [3.8, 4) is 0 Å². The van der Waals surface area contributed by atoms with Gasteiger partial charge >= 0.3 is 0 Å². The van der Waals surface area contributed by atoms with Crippen LogP contribution in [-0.4, -0.2) is 75.6 Å². The second-order valence-corrected chi connectivity index (χ2v) is 5.08. The van der Waals surface area contributed by atoms with E-state index in [1.165, 1.54) is 0 Å². The fraction of sp³-hybridized carbons (Fsp3) is 0.929. The van der Waals surface area contributed by atoms with E-state index in [1.54, 1.807) is 0 Å². The molecule has 0 radical (unpaired) electrons. The highest BCUT2D eigenvalue weighted by molar-refractivity contribution is 5.77.